The average molecular weight is 371 g/mol. The van der Waals surface area contributed by atoms with Crippen molar-refractivity contribution in [1.29, 1.82) is 0 Å². The summed E-state index contributed by atoms with van der Waals surface area (Å²) in [7, 11) is -4.49. The highest BCUT2D eigenvalue weighted by atomic mass is 32.2. The van der Waals surface area contributed by atoms with Crippen molar-refractivity contribution < 1.29 is 25.9 Å². The molecule has 0 N–H and O–H groups in total. The van der Waals surface area contributed by atoms with E-state index in [9.17, 15) is 21.6 Å². The molecule has 0 aliphatic carbocycles. The number of hydrogen-bond donors (Lipinski definition) is 0. The third kappa shape index (κ3) is 4.39. The third-order valence-electron chi connectivity index (χ3n) is 3.40. The molecule has 0 saturated heterocycles. The second-order valence-electron chi connectivity index (χ2n) is 5.56. The van der Waals surface area contributed by atoms with Gasteiger partial charge in [-0.25, -0.2) is 0 Å². The molecule has 0 unspecified atom stereocenters. The van der Waals surface area contributed by atoms with Crippen LogP contribution in [0.4, 0.5) is 13.2 Å². The molecular weight excluding hydrogens is 355 g/mol. The van der Waals surface area contributed by atoms with Gasteiger partial charge in [-0.1, -0.05) is 53.2 Å². The van der Waals surface area contributed by atoms with Gasteiger partial charge in [-0.3, -0.25) is 4.28 Å². The smallest absolute Gasteiger partial charge is 0.264 e. The molecule has 0 fully saturated rings. The number of rotatable bonds is 4. The van der Waals surface area contributed by atoms with E-state index in [0.717, 1.165) is 5.56 Å². The van der Waals surface area contributed by atoms with Gasteiger partial charge in [0, 0.05) is 5.56 Å². The highest BCUT2D eigenvalue weighted by Crippen LogP contribution is 2.26. The van der Waals surface area contributed by atoms with Gasteiger partial charge in [0.1, 0.15) is 4.90 Å². The summed E-state index contributed by atoms with van der Waals surface area (Å²) in [6.07, 6.45) is -4.87. The van der Waals surface area contributed by atoms with Crippen LogP contribution in [0.5, 0.6) is 0 Å². The topological polar surface area (TPSA) is 55.7 Å². The van der Waals surface area contributed by atoms with E-state index in [1.807, 2.05) is 0 Å². The quantitative estimate of drug-likeness (QED) is 0.595. The van der Waals surface area contributed by atoms with Crippen molar-refractivity contribution in [1.82, 2.24) is 0 Å². The Morgan fingerprint density at radius 2 is 1.52 bits per heavy atom. The van der Waals surface area contributed by atoms with Gasteiger partial charge in [0.25, 0.3) is 0 Å². The van der Waals surface area contributed by atoms with Crippen molar-refractivity contribution in [3.05, 3.63) is 64.7 Å². The first kappa shape index (κ1) is 19.0. The number of hydrogen-bond acceptors (Lipinski definition) is 4. The van der Waals surface area contributed by atoms with Crippen LogP contribution in [0.1, 0.15) is 22.3 Å². The number of alkyl halides is 3. The van der Waals surface area contributed by atoms with Gasteiger partial charge in [-0.2, -0.15) is 21.6 Å². The number of halogens is 3. The zero-order chi connectivity index (χ0) is 18.8. The Morgan fingerprint density at radius 1 is 1.00 bits per heavy atom. The molecule has 134 valence electrons. The van der Waals surface area contributed by atoms with Crippen LogP contribution < -0.4 is 0 Å². The van der Waals surface area contributed by atoms with E-state index in [1.54, 1.807) is 32.9 Å². The highest BCUT2D eigenvalue weighted by molar-refractivity contribution is 7.86. The first-order valence-corrected chi connectivity index (χ1v) is 8.65. The molecule has 0 aliphatic heterocycles. The van der Waals surface area contributed by atoms with Gasteiger partial charge >= 0.3 is 16.3 Å². The van der Waals surface area contributed by atoms with Crippen LogP contribution in [0.15, 0.2) is 52.5 Å². The zero-order valence-corrected chi connectivity index (χ0v) is 14.6. The fourth-order valence-electron chi connectivity index (χ4n) is 2.55. The van der Waals surface area contributed by atoms with E-state index >= 15 is 0 Å². The molecule has 25 heavy (non-hydrogen) atoms. The summed E-state index contributed by atoms with van der Waals surface area (Å²) < 4.78 is 68.7. The molecular formula is C17H16F3NO3S. The molecule has 0 saturated carbocycles. The Balaban J connectivity index is 2.47. The Morgan fingerprint density at radius 3 is 2.00 bits per heavy atom. The average Bonchev–Trinajstić information content (AvgIpc) is 2.45. The zero-order valence-electron chi connectivity index (χ0n) is 13.8. The van der Waals surface area contributed by atoms with E-state index in [2.05, 4.69) is 9.44 Å². The van der Waals surface area contributed by atoms with Gasteiger partial charge in [0.05, 0.1) is 0 Å². The molecule has 0 atom stereocenters. The molecule has 4 nitrogen and oxygen atoms in total. The van der Waals surface area contributed by atoms with E-state index in [0.29, 0.717) is 11.1 Å². The lowest BCUT2D eigenvalue weighted by Gasteiger charge is -2.12. The maximum Gasteiger partial charge on any atom is 0.437 e. The predicted molar refractivity (Wildman–Crippen MR) is 88.0 cm³/mol. The van der Waals surface area contributed by atoms with Crippen LogP contribution in [-0.2, 0) is 14.4 Å². The molecule has 0 aromatic heterocycles. The lowest BCUT2D eigenvalue weighted by Crippen LogP contribution is -2.25. The van der Waals surface area contributed by atoms with Crippen molar-refractivity contribution in [3.8, 4) is 0 Å². The van der Waals surface area contributed by atoms with Gasteiger partial charge in [-0.05, 0) is 31.9 Å². The molecule has 0 amide bonds. The highest BCUT2D eigenvalue weighted by Gasteiger charge is 2.38. The molecule has 0 radical (unpaired) electrons. The lowest BCUT2D eigenvalue weighted by atomic mass is 10.1. The summed E-state index contributed by atoms with van der Waals surface area (Å²) in [5.41, 5.74) is -0.124. The summed E-state index contributed by atoms with van der Waals surface area (Å²) in [6, 6.07) is 9.87. The second kappa shape index (κ2) is 6.87. The van der Waals surface area contributed by atoms with Crippen LogP contribution in [0.25, 0.3) is 0 Å². The monoisotopic (exact) mass is 371 g/mol. The van der Waals surface area contributed by atoms with Gasteiger partial charge in [0.2, 0.25) is 0 Å². The maximum atomic E-state index is 13.2. The van der Waals surface area contributed by atoms with Crippen LogP contribution >= 0.6 is 0 Å². The summed E-state index contributed by atoms with van der Waals surface area (Å²) >= 11 is 0. The first-order valence-electron chi connectivity index (χ1n) is 7.24. The molecule has 2 aromatic rings. The number of nitrogens with zero attached hydrogens (tertiary/aromatic N) is 1. The minimum Gasteiger partial charge on any atom is -0.264 e. The predicted octanol–water partition coefficient (Wildman–Crippen LogP) is 4.28. The third-order valence-corrected chi connectivity index (χ3v) is 4.81. The van der Waals surface area contributed by atoms with Crippen LogP contribution in [0.2, 0.25) is 0 Å². The number of oxime groups is 1. The maximum absolute atomic E-state index is 13.2. The first-order chi connectivity index (χ1) is 11.5. The van der Waals surface area contributed by atoms with Crippen molar-refractivity contribution in [2.24, 2.45) is 5.16 Å². The summed E-state index contributed by atoms with van der Waals surface area (Å²) in [5, 5.41) is 2.92. The molecule has 2 rings (SSSR count). The van der Waals surface area contributed by atoms with Gasteiger partial charge in [0.15, 0.2) is 5.71 Å². The summed E-state index contributed by atoms with van der Waals surface area (Å²) in [4.78, 5) is -0.184. The van der Waals surface area contributed by atoms with Crippen molar-refractivity contribution in [2.45, 2.75) is 31.8 Å². The van der Waals surface area contributed by atoms with Gasteiger partial charge in [-0.15, -0.1) is 0 Å². The van der Waals surface area contributed by atoms with Crippen LogP contribution in [0, 0.1) is 20.8 Å². The van der Waals surface area contributed by atoms with Crippen LogP contribution in [0.3, 0.4) is 0 Å². The number of benzene rings is 2. The molecule has 0 spiro atoms. The van der Waals surface area contributed by atoms with Crippen molar-refractivity contribution in [2.75, 3.05) is 0 Å². The largest absolute Gasteiger partial charge is 0.437 e. The molecule has 0 heterocycles. The van der Waals surface area contributed by atoms with Crippen LogP contribution in [-0.4, -0.2) is 20.3 Å². The Kier molecular flexibility index (Phi) is 5.22. The van der Waals surface area contributed by atoms with E-state index in [1.165, 1.54) is 30.3 Å². The van der Waals surface area contributed by atoms with Gasteiger partial charge < -0.3 is 0 Å². The minimum absolute atomic E-state index is 0.184. The molecule has 0 aliphatic rings. The lowest BCUT2D eigenvalue weighted by molar-refractivity contribution is -0.0596. The second-order valence-corrected chi connectivity index (χ2v) is 7.03. The Labute approximate surface area is 144 Å². The standard InChI is InChI=1S/C17H16F3NO3S/c1-11-9-12(2)15(13(3)10-11)25(22,23)24-21-16(17(18,19)20)14-7-5-4-6-8-14/h4-10H,1-3H3. The minimum atomic E-state index is -4.87. The molecule has 0 bridgehead atoms. The Bertz CT molecular complexity index is 881. The Hall–Kier alpha value is -2.35. The summed E-state index contributed by atoms with van der Waals surface area (Å²) in [6.45, 7) is 4.87. The fraction of sp³-hybridized carbons (Fsp3) is 0.235. The van der Waals surface area contributed by atoms with Crippen molar-refractivity contribution in [3.63, 3.8) is 0 Å². The SMILES string of the molecule is Cc1cc(C)c(S(=O)(=O)ON=C(c2ccccc2)C(F)(F)F)c(C)c1. The van der Waals surface area contributed by atoms with Crippen molar-refractivity contribution >= 4 is 15.8 Å². The van der Waals surface area contributed by atoms with E-state index in [-0.39, 0.29) is 10.5 Å². The molecule has 2 aromatic carbocycles. The molecule has 8 heteroatoms. The van der Waals surface area contributed by atoms with E-state index in [4.69, 9.17) is 0 Å². The normalized spacial score (nSPS) is 13.0. The summed E-state index contributed by atoms with van der Waals surface area (Å²) in [5.74, 6) is 0. The fourth-order valence-corrected chi connectivity index (χ4v) is 3.70. The van der Waals surface area contributed by atoms with E-state index < -0.39 is 22.0 Å². The number of aryl methyl sites for hydroxylation is 3.